The largest absolute Gasteiger partial charge is 0.508 e. The Bertz CT molecular complexity index is 702. The van der Waals surface area contributed by atoms with Gasteiger partial charge in [0.25, 0.3) is 5.69 Å². The van der Waals surface area contributed by atoms with Crippen molar-refractivity contribution >= 4 is 38.6 Å². The molecule has 1 aliphatic carbocycles. The number of aromatic hydroxyl groups is 1. The van der Waals surface area contributed by atoms with Gasteiger partial charge in [-0.2, -0.15) is 0 Å². The van der Waals surface area contributed by atoms with Crippen LogP contribution in [0.4, 0.5) is 11.4 Å². The monoisotopic (exact) mass is 368 g/mol. The standard InChI is InChI=1S/C14H13BrN2O3S/c15-14-7-9-10(2-1-3-13(9)21-14)16-11-5-4-8(18)6-12(11)17(19)20/h4-7,10,16,18H,1-3H2. The number of phenolic OH excluding ortho intramolecular Hbond substituents is 1. The summed E-state index contributed by atoms with van der Waals surface area (Å²) in [6.07, 6.45) is 3.05. The summed E-state index contributed by atoms with van der Waals surface area (Å²) in [5.74, 6) is -0.102. The van der Waals surface area contributed by atoms with Crippen molar-refractivity contribution < 1.29 is 10.0 Å². The van der Waals surface area contributed by atoms with Crippen LogP contribution in [0.5, 0.6) is 5.75 Å². The molecule has 1 atom stereocenters. The Kier molecular flexibility index (Phi) is 3.86. The van der Waals surface area contributed by atoms with Crippen LogP contribution in [-0.4, -0.2) is 10.0 Å². The van der Waals surface area contributed by atoms with E-state index in [1.807, 2.05) is 0 Å². The van der Waals surface area contributed by atoms with E-state index in [0.29, 0.717) is 5.69 Å². The Morgan fingerprint density at radius 1 is 1.43 bits per heavy atom. The minimum atomic E-state index is -0.477. The van der Waals surface area contributed by atoms with Crippen molar-refractivity contribution in [2.24, 2.45) is 0 Å². The maximum absolute atomic E-state index is 11.1. The third kappa shape index (κ3) is 2.89. The highest BCUT2D eigenvalue weighted by molar-refractivity contribution is 9.11. The summed E-state index contributed by atoms with van der Waals surface area (Å²) in [5, 5.41) is 23.8. The molecule has 3 rings (SSSR count). The minimum Gasteiger partial charge on any atom is -0.508 e. The summed E-state index contributed by atoms with van der Waals surface area (Å²) >= 11 is 5.22. The molecule has 2 aromatic rings. The Balaban J connectivity index is 1.93. The van der Waals surface area contributed by atoms with Crippen LogP contribution in [0, 0.1) is 10.1 Å². The van der Waals surface area contributed by atoms with E-state index in [4.69, 9.17) is 0 Å². The van der Waals surface area contributed by atoms with Gasteiger partial charge < -0.3 is 10.4 Å². The molecular formula is C14H13BrN2O3S. The van der Waals surface area contributed by atoms with Gasteiger partial charge in [-0.1, -0.05) is 0 Å². The maximum Gasteiger partial charge on any atom is 0.296 e. The molecule has 0 saturated heterocycles. The molecule has 110 valence electrons. The van der Waals surface area contributed by atoms with Gasteiger partial charge in [0.1, 0.15) is 11.4 Å². The lowest BCUT2D eigenvalue weighted by Gasteiger charge is -2.24. The Hall–Kier alpha value is -1.60. The van der Waals surface area contributed by atoms with Gasteiger partial charge in [0.2, 0.25) is 0 Å². The molecule has 1 aromatic carbocycles. The van der Waals surface area contributed by atoms with Crippen LogP contribution >= 0.6 is 27.3 Å². The van der Waals surface area contributed by atoms with Crippen molar-refractivity contribution in [2.75, 3.05) is 5.32 Å². The van der Waals surface area contributed by atoms with Crippen LogP contribution in [0.2, 0.25) is 0 Å². The number of nitro groups is 1. The summed E-state index contributed by atoms with van der Waals surface area (Å²) in [6, 6.07) is 6.35. The van der Waals surface area contributed by atoms with E-state index < -0.39 is 4.92 Å². The predicted octanol–water partition coefficient (Wildman–Crippen LogP) is 4.61. The Morgan fingerprint density at radius 2 is 2.24 bits per heavy atom. The number of benzene rings is 1. The van der Waals surface area contributed by atoms with Gasteiger partial charge in [0, 0.05) is 4.88 Å². The van der Waals surface area contributed by atoms with Gasteiger partial charge in [0.15, 0.2) is 0 Å². The van der Waals surface area contributed by atoms with Gasteiger partial charge in [0.05, 0.1) is 20.8 Å². The van der Waals surface area contributed by atoms with Crippen molar-refractivity contribution in [1.29, 1.82) is 0 Å². The maximum atomic E-state index is 11.1. The number of rotatable bonds is 3. The van der Waals surface area contributed by atoms with Crippen molar-refractivity contribution in [3.8, 4) is 5.75 Å². The van der Waals surface area contributed by atoms with E-state index in [9.17, 15) is 15.2 Å². The number of hydrogen-bond donors (Lipinski definition) is 2. The molecule has 0 aliphatic heterocycles. The molecular weight excluding hydrogens is 356 g/mol. The summed E-state index contributed by atoms with van der Waals surface area (Å²) < 4.78 is 1.08. The molecule has 7 heteroatoms. The lowest BCUT2D eigenvalue weighted by molar-refractivity contribution is -0.384. The molecule has 1 heterocycles. The first-order valence-corrected chi connectivity index (χ1v) is 8.17. The fourth-order valence-corrected chi connectivity index (χ4v) is 4.47. The zero-order valence-electron chi connectivity index (χ0n) is 11.0. The fourth-order valence-electron chi connectivity index (χ4n) is 2.65. The summed E-state index contributed by atoms with van der Waals surface area (Å²) in [6.45, 7) is 0. The molecule has 1 aromatic heterocycles. The lowest BCUT2D eigenvalue weighted by Crippen LogP contribution is -2.16. The van der Waals surface area contributed by atoms with E-state index in [2.05, 4.69) is 27.3 Å². The van der Waals surface area contributed by atoms with Crippen molar-refractivity contribution in [2.45, 2.75) is 25.3 Å². The highest BCUT2D eigenvalue weighted by atomic mass is 79.9. The zero-order valence-corrected chi connectivity index (χ0v) is 13.4. The van der Waals surface area contributed by atoms with Gasteiger partial charge in [-0.25, -0.2) is 0 Å². The molecule has 5 nitrogen and oxygen atoms in total. The molecule has 21 heavy (non-hydrogen) atoms. The number of nitrogens with zero attached hydrogens (tertiary/aromatic N) is 1. The van der Waals surface area contributed by atoms with Crippen LogP contribution in [-0.2, 0) is 6.42 Å². The summed E-state index contributed by atoms with van der Waals surface area (Å²) in [5.41, 5.74) is 1.55. The molecule has 0 saturated carbocycles. The molecule has 0 fully saturated rings. The minimum absolute atomic E-state index is 0.0690. The molecule has 0 radical (unpaired) electrons. The number of thiophene rings is 1. The third-order valence-corrected chi connectivity index (χ3v) is 5.31. The van der Waals surface area contributed by atoms with Crippen molar-refractivity contribution in [1.82, 2.24) is 0 Å². The number of nitrogens with one attached hydrogen (secondary N) is 1. The number of fused-ring (bicyclic) bond motifs is 1. The highest BCUT2D eigenvalue weighted by Crippen LogP contribution is 2.41. The summed E-state index contributed by atoms with van der Waals surface area (Å²) in [7, 11) is 0. The first-order chi connectivity index (χ1) is 10.0. The first-order valence-electron chi connectivity index (χ1n) is 6.56. The van der Waals surface area contributed by atoms with E-state index in [0.717, 1.165) is 23.0 Å². The van der Waals surface area contributed by atoms with Crippen LogP contribution in [0.3, 0.4) is 0 Å². The molecule has 2 N–H and O–H groups in total. The van der Waals surface area contributed by atoms with Crippen LogP contribution in [0.15, 0.2) is 28.1 Å². The van der Waals surface area contributed by atoms with Gasteiger partial charge in [-0.15, -0.1) is 11.3 Å². The number of aryl methyl sites for hydroxylation is 1. The third-order valence-electron chi connectivity index (χ3n) is 3.59. The lowest BCUT2D eigenvalue weighted by atomic mass is 9.94. The summed E-state index contributed by atoms with van der Waals surface area (Å²) in [4.78, 5) is 12.0. The second-order valence-electron chi connectivity index (χ2n) is 4.98. The number of hydrogen-bond acceptors (Lipinski definition) is 5. The van der Waals surface area contributed by atoms with Gasteiger partial charge >= 0.3 is 0 Å². The van der Waals surface area contributed by atoms with Crippen molar-refractivity contribution in [3.05, 3.63) is 48.6 Å². The molecule has 0 amide bonds. The Labute approximate surface area is 133 Å². The molecule has 1 unspecified atom stereocenters. The zero-order chi connectivity index (χ0) is 15.0. The normalized spacial score (nSPS) is 17.3. The van der Waals surface area contributed by atoms with E-state index >= 15 is 0 Å². The topological polar surface area (TPSA) is 75.4 Å². The highest BCUT2D eigenvalue weighted by Gasteiger charge is 2.25. The number of anilines is 1. The second kappa shape index (κ2) is 5.65. The second-order valence-corrected chi connectivity index (χ2v) is 7.49. The first kappa shape index (κ1) is 14.3. The van der Waals surface area contributed by atoms with Crippen molar-refractivity contribution in [3.63, 3.8) is 0 Å². The van der Waals surface area contributed by atoms with E-state index in [1.54, 1.807) is 17.4 Å². The van der Waals surface area contributed by atoms with Crippen LogP contribution in [0.25, 0.3) is 0 Å². The fraction of sp³-hybridized carbons (Fsp3) is 0.286. The number of halogens is 1. The van der Waals surface area contributed by atoms with E-state index in [-0.39, 0.29) is 17.5 Å². The number of nitro benzene ring substituents is 1. The smallest absolute Gasteiger partial charge is 0.296 e. The van der Waals surface area contributed by atoms with Gasteiger partial charge in [-0.05, 0) is 59.0 Å². The van der Waals surface area contributed by atoms with Crippen LogP contribution in [0.1, 0.15) is 29.3 Å². The van der Waals surface area contributed by atoms with Gasteiger partial charge in [-0.3, -0.25) is 10.1 Å². The molecule has 0 bridgehead atoms. The SMILES string of the molecule is O=[N+]([O-])c1cc(O)ccc1NC1CCCc2sc(Br)cc21. The number of phenols is 1. The van der Waals surface area contributed by atoms with Crippen LogP contribution < -0.4 is 5.32 Å². The Morgan fingerprint density at radius 3 is 3.00 bits per heavy atom. The average Bonchev–Trinajstić information content (AvgIpc) is 2.82. The quantitative estimate of drug-likeness (QED) is 0.471. The molecule has 0 spiro atoms. The molecule has 1 aliphatic rings. The van der Waals surface area contributed by atoms with E-state index in [1.165, 1.54) is 22.6 Å². The average molecular weight is 369 g/mol. The predicted molar refractivity (Wildman–Crippen MR) is 86.1 cm³/mol.